The second-order valence-electron chi connectivity index (χ2n) is 5.11. The Morgan fingerprint density at radius 3 is 2.89 bits per heavy atom. The van der Waals surface area contributed by atoms with Crippen molar-refractivity contribution in [3.8, 4) is 0 Å². The summed E-state index contributed by atoms with van der Waals surface area (Å²) in [4.78, 5) is 11.4. The van der Waals surface area contributed by atoms with E-state index in [1.54, 1.807) is 17.7 Å². The van der Waals surface area contributed by atoms with Crippen LogP contribution in [0.25, 0.3) is 10.2 Å². The van der Waals surface area contributed by atoms with Gasteiger partial charge < -0.3 is 0 Å². The molecule has 18 heavy (non-hydrogen) atoms. The summed E-state index contributed by atoms with van der Waals surface area (Å²) in [6.45, 7) is 2.20. The largest absolute Gasteiger partial charge is 0.294 e. The van der Waals surface area contributed by atoms with Gasteiger partial charge in [-0.15, -0.1) is 11.3 Å². The number of aryl methyl sites for hydroxylation is 1. The molecule has 2 aromatic heterocycles. The van der Waals surface area contributed by atoms with Crippen molar-refractivity contribution in [2.75, 3.05) is 0 Å². The number of aromatic nitrogens is 2. The number of fused-ring (bicyclic) bond motifs is 1. The Kier molecular flexibility index (Phi) is 3.57. The van der Waals surface area contributed by atoms with E-state index in [4.69, 9.17) is 0 Å². The molecule has 0 saturated heterocycles. The van der Waals surface area contributed by atoms with E-state index in [9.17, 15) is 0 Å². The highest BCUT2D eigenvalue weighted by Gasteiger charge is 2.19. The van der Waals surface area contributed by atoms with Gasteiger partial charge in [0.2, 0.25) is 5.82 Å². The quantitative estimate of drug-likeness (QED) is 0.924. The van der Waals surface area contributed by atoms with Gasteiger partial charge in [-0.2, -0.15) is 4.98 Å². The monoisotopic (exact) mass is 262 g/mol. The summed E-state index contributed by atoms with van der Waals surface area (Å²) < 4.78 is 0. The Bertz CT molecular complexity index is 529. The first-order valence-corrected chi connectivity index (χ1v) is 7.76. The number of nitrogens with zero attached hydrogens (tertiary/aromatic N) is 2. The number of hydrogen-bond acceptors (Lipinski definition) is 3. The number of nitrogens with two attached hydrogens (primary N) is 1. The van der Waals surface area contributed by atoms with Crippen LogP contribution in [0.3, 0.4) is 0 Å². The van der Waals surface area contributed by atoms with E-state index in [1.807, 2.05) is 0 Å². The van der Waals surface area contributed by atoms with Crippen molar-refractivity contribution >= 4 is 27.4 Å². The van der Waals surface area contributed by atoms with Crippen molar-refractivity contribution in [2.45, 2.75) is 51.5 Å². The van der Waals surface area contributed by atoms with E-state index in [-0.39, 0.29) is 0 Å². The van der Waals surface area contributed by atoms with Crippen LogP contribution in [0.5, 0.6) is 0 Å². The second-order valence-corrected chi connectivity index (χ2v) is 6.22. The molecule has 2 aromatic rings. The lowest BCUT2D eigenvalue weighted by atomic mass is 9.95. The molecule has 0 aromatic carbocycles. The van der Waals surface area contributed by atoms with Gasteiger partial charge in [0.1, 0.15) is 11.2 Å². The summed E-state index contributed by atoms with van der Waals surface area (Å²) in [5.74, 6) is 1.16. The van der Waals surface area contributed by atoms with Gasteiger partial charge in [-0.1, -0.05) is 13.3 Å². The molecule has 2 heterocycles. The standard InChI is InChI=1S/C14H19N3S/c1-2-11-8-12-13(15-9-16-14(12)18-11)17-10-6-4-3-5-7-10/h8-10H,2-7H2,1H3,(H,15,16,17)/p+1. The molecule has 0 spiro atoms. The van der Waals surface area contributed by atoms with E-state index in [0.717, 1.165) is 23.1 Å². The molecular formula is C14H20N3S+. The van der Waals surface area contributed by atoms with Crippen molar-refractivity contribution in [3.05, 3.63) is 17.3 Å². The molecule has 0 atom stereocenters. The Labute approximate surface area is 112 Å². The maximum Gasteiger partial charge on any atom is 0.236 e. The maximum absolute atomic E-state index is 4.49. The maximum atomic E-state index is 4.49. The minimum atomic E-state index is 0.724. The second kappa shape index (κ2) is 5.33. The summed E-state index contributed by atoms with van der Waals surface area (Å²) >= 11 is 1.80. The van der Waals surface area contributed by atoms with Gasteiger partial charge in [0.05, 0.1) is 11.4 Å². The molecule has 3 rings (SSSR count). The number of hydrogen-bond donors (Lipinski definition) is 1. The Morgan fingerprint density at radius 1 is 1.28 bits per heavy atom. The lowest BCUT2D eigenvalue weighted by Crippen LogP contribution is -2.85. The van der Waals surface area contributed by atoms with Gasteiger partial charge in [0, 0.05) is 4.88 Å². The van der Waals surface area contributed by atoms with Crippen LogP contribution < -0.4 is 5.32 Å². The molecule has 1 fully saturated rings. The zero-order valence-electron chi connectivity index (χ0n) is 10.9. The highest BCUT2D eigenvalue weighted by atomic mass is 32.1. The third-order valence-electron chi connectivity index (χ3n) is 3.80. The smallest absolute Gasteiger partial charge is 0.236 e. The molecule has 0 aliphatic heterocycles. The predicted molar refractivity (Wildman–Crippen MR) is 75.3 cm³/mol. The number of quaternary nitrogens is 1. The molecule has 1 aliphatic rings. The molecule has 96 valence electrons. The summed E-state index contributed by atoms with van der Waals surface area (Å²) in [7, 11) is 0. The lowest BCUT2D eigenvalue weighted by Gasteiger charge is -2.19. The van der Waals surface area contributed by atoms with E-state index in [0.29, 0.717) is 0 Å². The van der Waals surface area contributed by atoms with Crippen LogP contribution in [0.1, 0.15) is 43.9 Å². The number of thiophene rings is 1. The van der Waals surface area contributed by atoms with E-state index in [1.165, 1.54) is 42.4 Å². The minimum Gasteiger partial charge on any atom is -0.294 e. The zero-order chi connectivity index (χ0) is 12.4. The Hall–Kier alpha value is -1.00. The molecule has 3 nitrogen and oxygen atoms in total. The van der Waals surface area contributed by atoms with Crippen molar-refractivity contribution in [3.63, 3.8) is 0 Å². The normalized spacial score (nSPS) is 17.4. The Balaban J connectivity index is 1.88. The fourth-order valence-electron chi connectivity index (χ4n) is 2.75. The van der Waals surface area contributed by atoms with Crippen LogP contribution in [0.15, 0.2) is 12.4 Å². The number of rotatable bonds is 3. The van der Waals surface area contributed by atoms with Crippen molar-refractivity contribution in [2.24, 2.45) is 0 Å². The van der Waals surface area contributed by atoms with E-state index >= 15 is 0 Å². The minimum absolute atomic E-state index is 0.724. The van der Waals surface area contributed by atoms with Gasteiger partial charge in [-0.05, 0) is 38.2 Å². The van der Waals surface area contributed by atoms with Crippen molar-refractivity contribution in [1.82, 2.24) is 9.97 Å². The zero-order valence-corrected chi connectivity index (χ0v) is 11.7. The van der Waals surface area contributed by atoms with E-state index < -0.39 is 0 Å². The van der Waals surface area contributed by atoms with Gasteiger partial charge in [0.25, 0.3) is 0 Å². The third kappa shape index (κ3) is 2.40. The van der Waals surface area contributed by atoms with Gasteiger partial charge in [-0.3, -0.25) is 5.32 Å². The molecule has 4 heteroatoms. The molecule has 0 amide bonds. The van der Waals surface area contributed by atoms with Crippen molar-refractivity contribution < 1.29 is 5.32 Å². The molecule has 1 saturated carbocycles. The van der Waals surface area contributed by atoms with Crippen LogP contribution >= 0.6 is 11.3 Å². The summed E-state index contributed by atoms with van der Waals surface area (Å²) in [6.07, 6.45) is 9.61. The summed E-state index contributed by atoms with van der Waals surface area (Å²) in [5, 5.41) is 3.64. The Morgan fingerprint density at radius 2 is 2.11 bits per heavy atom. The first kappa shape index (κ1) is 12.1. The fourth-order valence-corrected chi connectivity index (χ4v) is 3.70. The van der Waals surface area contributed by atoms with E-state index in [2.05, 4.69) is 28.3 Å². The van der Waals surface area contributed by atoms with Crippen molar-refractivity contribution in [1.29, 1.82) is 0 Å². The highest BCUT2D eigenvalue weighted by molar-refractivity contribution is 7.18. The van der Waals surface area contributed by atoms with Crippen LogP contribution in [-0.4, -0.2) is 16.0 Å². The molecule has 2 N–H and O–H groups in total. The average Bonchev–Trinajstić information content (AvgIpc) is 2.84. The predicted octanol–water partition coefficient (Wildman–Crippen LogP) is 2.78. The molecule has 1 aliphatic carbocycles. The van der Waals surface area contributed by atoms with Gasteiger partial charge in [0.15, 0.2) is 0 Å². The van der Waals surface area contributed by atoms with Crippen LogP contribution in [0, 0.1) is 0 Å². The molecule has 0 bridgehead atoms. The topological polar surface area (TPSA) is 42.4 Å². The molecular weight excluding hydrogens is 242 g/mol. The lowest BCUT2D eigenvalue weighted by molar-refractivity contribution is -0.616. The third-order valence-corrected chi connectivity index (χ3v) is 4.99. The SMILES string of the molecule is CCc1cc2c([NH2+]C3CCCCC3)ncnc2s1. The summed E-state index contributed by atoms with van der Waals surface area (Å²) in [6, 6.07) is 3.00. The summed E-state index contributed by atoms with van der Waals surface area (Å²) in [5.41, 5.74) is 0. The molecule has 0 radical (unpaired) electrons. The van der Waals surface area contributed by atoms with Crippen LogP contribution in [0.4, 0.5) is 5.82 Å². The van der Waals surface area contributed by atoms with Crippen LogP contribution in [0.2, 0.25) is 0 Å². The average molecular weight is 262 g/mol. The first-order chi connectivity index (χ1) is 8.86. The van der Waals surface area contributed by atoms with Gasteiger partial charge in [-0.25, -0.2) is 4.98 Å². The first-order valence-electron chi connectivity index (χ1n) is 6.95. The fraction of sp³-hybridized carbons (Fsp3) is 0.571. The van der Waals surface area contributed by atoms with Crippen LogP contribution in [-0.2, 0) is 6.42 Å². The highest BCUT2D eigenvalue weighted by Crippen LogP contribution is 2.27. The van der Waals surface area contributed by atoms with Gasteiger partial charge >= 0.3 is 0 Å². The molecule has 0 unspecified atom stereocenters.